The second-order valence-corrected chi connectivity index (χ2v) is 6.86. The molecule has 3 aromatic rings. The highest BCUT2D eigenvalue weighted by atomic mass is 19.1. The fraction of sp³-hybridized carbons (Fsp3) is 0.263. The summed E-state index contributed by atoms with van der Waals surface area (Å²) in [5.74, 6) is -0.464. The van der Waals surface area contributed by atoms with Crippen molar-refractivity contribution >= 4 is 17.4 Å². The van der Waals surface area contributed by atoms with Gasteiger partial charge in [-0.1, -0.05) is 0 Å². The zero-order valence-corrected chi connectivity index (χ0v) is 15.6. The topological polar surface area (TPSA) is 78.0 Å². The molecule has 0 atom stereocenters. The number of carbonyl (C=O) groups excluding carboxylic acids is 1. The summed E-state index contributed by atoms with van der Waals surface area (Å²) >= 11 is 0. The lowest BCUT2D eigenvalue weighted by Gasteiger charge is -2.36. The summed E-state index contributed by atoms with van der Waals surface area (Å²) in [5, 5.41) is 6.73. The standard InChI is InChI=1S/C19H18F2N6O/c1-10(2)27-9-16(28)26(3)15-8-22-18(24-19(15)27)13-7-23-25-17(13)12-5-4-11(20)6-14(12)21/h4-8,10H,9H2,1-3H3,(H,23,25). The second-order valence-electron chi connectivity index (χ2n) is 6.86. The van der Waals surface area contributed by atoms with Gasteiger partial charge in [0.1, 0.15) is 17.3 Å². The molecule has 0 saturated carbocycles. The molecule has 0 fully saturated rings. The number of aromatic nitrogens is 4. The molecule has 4 rings (SSSR count). The van der Waals surface area contributed by atoms with Gasteiger partial charge >= 0.3 is 0 Å². The van der Waals surface area contributed by atoms with Gasteiger partial charge in [0.2, 0.25) is 5.91 Å². The molecule has 3 heterocycles. The quantitative estimate of drug-likeness (QED) is 0.751. The minimum absolute atomic E-state index is 0.0464. The number of nitrogens with zero attached hydrogens (tertiary/aromatic N) is 5. The lowest BCUT2D eigenvalue weighted by molar-refractivity contribution is -0.117. The van der Waals surface area contributed by atoms with Gasteiger partial charge in [-0.3, -0.25) is 9.89 Å². The van der Waals surface area contributed by atoms with Crippen LogP contribution in [0.5, 0.6) is 0 Å². The van der Waals surface area contributed by atoms with Crippen LogP contribution in [0.25, 0.3) is 22.6 Å². The van der Waals surface area contributed by atoms with Crippen molar-refractivity contribution in [3.05, 3.63) is 42.2 Å². The van der Waals surface area contributed by atoms with Crippen LogP contribution < -0.4 is 9.80 Å². The third kappa shape index (κ3) is 2.88. The molecule has 0 aliphatic carbocycles. The molecule has 144 valence electrons. The molecular weight excluding hydrogens is 366 g/mol. The fourth-order valence-corrected chi connectivity index (χ4v) is 3.19. The first kappa shape index (κ1) is 18.0. The zero-order valence-electron chi connectivity index (χ0n) is 15.6. The van der Waals surface area contributed by atoms with Gasteiger partial charge in [0.05, 0.1) is 30.2 Å². The maximum atomic E-state index is 14.3. The molecule has 0 spiro atoms. The lowest BCUT2D eigenvalue weighted by Crippen LogP contribution is -2.47. The summed E-state index contributed by atoms with van der Waals surface area (Å²) in [6.45, 7) is 4.16. The molecule has 2 aromatic heterocycles. The number of hydrogen-bond acceptors (Lipinski definition) is 5. The Kier molecular flexibility index (Phi) is 4.29. The van der Waals surface area contributed by atoms with Crippen LogP contribution in [0, 0.1) is 11.6 Å². The Morgan fingerprint density at radius 1 is 1.18 bits per heavy atom. The van der Waals surface area contributed by atoms with E-state index in [4.69, 9.17) is 0 Å². The van der Waals surface area contributed by atoms with Gasteiger partial charge in [0, 0.05) is 24.7 Å². The maximum absolute atomic E-state index is 14.3. The summed E-state index contributed by atoms with van der Waals surface area (Å²) in [5.41, 5.74) is 1.61. The van der Waals surface area contributed by atoms with E-state index in [-0.39, 0.29) is 24.1 Å². The SMILES string of the molecule is CC(C)N1CC(=O)N(C)c2cnc(-c3cn[nH]c3-c3ccc(F)cc3F)nc21. The Bertz CT molecular complexity index is 1060. The summed E-state index contributed by atoms with van der Waals surface area (Å²) in [7, 11) is 1.68. The van der Waals surface area contributed by atoms with Crippen LogP contribution in [0.15, 0.2) is 30.6 Å². The first-order valence-electron chi connectivity index (χ1n) is 8.76. The highest BCUT2D eigenvalue weighted by Gasteiger charge is 2.31. The van der Waals surface area contributed by atoms with Crippen molar-refractivity contribution in [2.75, 3.05) is 23.4 Å². The molecule has 0 radical (unpaired) electrons. The maximum Gasteiger partial charge on any atom is 0.246 e. The van der Waals surface area contributed by atoms with Crippen molar-refractivity contribution in [2.45, 2.75) is 19.9 Å². The van der Waals surface area contributed by atoms with E-state index in [1.54, 1.807) is 13.2 Å². The number of rotatable bonds is 3. The molecule has 1 aliphatic rings. The van der Waals surface area contributed by atoms with E-state index in [0.29, 0.717) is 28.6 Å². The molecule has 1 aromatic carbocycles. The van der Waals surface area contributed by atoms with E-state index < -0.39 is 11.6 Å². The molecular formula is C19H18F2N6O. The van der Waals surface area contributed by atoms with Gasteiger partial charge < -0.3 is 9.80 Å². The third-order valence-corrected chi connectivity index (χ3v) is 4.77. The van der Waals surface area contributed by atoms with Crippen molar-refractivity contribution in [3.8, 4) is 22.6 Å². The number of nitrogens with one attached hydrogen (secondary N) is 1. The lowest BCUT2D eigenvalue weighted by atomic mass is 10.1. The van der Waals surface area contributed by atoms with E-state index in [1.807, 2.05) is 18.7 Å². The van der Waals surface area contributed by atoms with E-state index in [0.717, 1.165) is 6.07 Å². The number of likely N-dealkylation sites (N-methyl/N-ethyl adjacent to an activating group) is 1. The van der Waals surface area contributed by atoms with Gasteiger partial charge in [-0.25, -0.2) is 18.7 Å². The average Bonchev–Trinajstić information content (AvgIpc) is 3.13. The summed E-state index contributed by atoms with van der Waals surface area (Å²) in [6, 6.07) is 3.39. The van der Waals surface area contributed by atoms with Crippen LogP contribution in [0.4, 0.5) is 20.3 Å². The Balaban J connectivity index is 1.84. The third-order valence-electron chi connectivity index (χ3n) is 4.77. The number of fused-ring (bicyclic) bond motifs is 1. The van der Waals surface area contributed by atoms with Crippen molar-refractivity contribution in [2.24, 2.45) is 0 Å². The highest BCUT2D eigenvalue weighted by molar-refractivity contribution is 6.02. The summed E-state index contributed by atoms with van der Waals surface area (Å²) in [6.07, 6.45) is 3.07. The summed E-state index contributed by atoms with van der Waals surface area (Å²) < 4.78 is 27.5. The molecule has 0 unspecified atom stereocenters. The summed E-state index contributed by atoms with van der Waals surface area (Å²) in [4.78, 5) is 24.6. The smallest absolute Gasteiger partial charge is 0.246 e. The van der Waals surface area contributed by atoms with E-state index in [1.165, 1.54) is 23.2 Å². The first-order valence-corrected chi connectivity index (χ1v) is 8.76. The van der Waals surface area contributed by atoms with Gasteiger partial charge in [0.25, 0.3) is 0 Å². The van der Waals surface area contributed by atoms with Crippen LogP contribution in [-0.4, -0.2) is 45.7 Å². The minimum atomic E-state index is -0.711. The average molecular weight is 384 g/mol. The van der Waals surface area contributed by atoms with E-state index in [9.17, 15) is 13.6 Å². The monoisotopic (exact) mass is 384 g/mol. The number of hydrogen-bond donors (Lipinski definition) is 1. The molecule has 0 bridgehead atoms. The molecule has 1 amide bonds. The predicted octanol–water partition coefficient (Wildman–Crippen LogP) is 3.00. The first-order chi connectivity index (χ1) is 13.4. The van der Waals surface area contributed by atoms with Crippen LogP contribution in [0.3, 0.4) is 0 Å². The number of halogens is 2. The van der Waals surface area contributed by atoms with E-state index >= 15 is 0 Å². The molecule has 7 nitrogen and oxygen atoms in total. The highest BCUT2D eigenvalue weighted by Crippen LogP contribution is 2.35. The van der Waals surface area contributed by atoms with Crippen molar-refractivity contribution in [1.29, 1.82) is 0 Å². The molecule has 1 aliphatic heterocycles. The van der Waals surface area contributed by atoms with Crippen molar-refractivity contribution in [1.82, 2.24) is 20.2 Å². The number of benzene rings is 1. The molecule has 1 N–H and O–H groups in total. The zero-order chi connectivity index (χ0) is 20.0. The van der Waals surface area contributed by atoms with Gasteiger partial charge in [0.15, 0.2) is 11.6 Å². The van der Waals surface area contributed by atoms with Gasteiger partial charge in [-0.05, 0) is 26.0 Å². The number of amides is 1. The van der Waals surface area contributed by atoms with Gasteiger partial charge in [-0.2, -0.15) is 5.10 Å². The Morgan fingerprint density at radius 2 is 1.96 bits per heavy atom. The molecule has 28 heavy (non-hydrogen) atoms. The number of aromatic amines is 1. The Labute approximate surface area is 160 Å². The van der Waals surface area contributed by atoms with Crippen LogP contribution in [-0.2, 0) is 4.79 Å². The predicted molar refractivity (Wildman–Crippen MR) is 101 cm³/mol. The van der Waals surface area contributed by atoms with Crippen LogP contribution in [0.1, 0.15) is 13.8 Å². The Hall–Kier alpha value is -3.36. The fourth-order valence-electron chi connectivity index (χ4n) is 3.19. The number of carbonyl (C=O) groups is 1. The number of H-pyrrole nitrogens is 1. The molecule has 0 saturated heterocycles. The number of anilines is 2. The largest absolute Gasteiger partial charge is 0.343 e. The van der Waals surface area contributed by atoms with Crippen LogP contribution >= 0.6 is 0 Å². The van der Waals surface area contributed by atoms with E-state index in [2.05, 4.69) is 20.2 Å². The van der Waals surface area contributed by atoms with Crippen molar-refractivity contribution in [3.63, 3.8) is 0 Å². The normalized spacial score (nSPS) is 14.0. The minimum Gasteiger partial charge on any atom is -0.343 e. The van der Waals surface area contributed by atoms with Gasteiger partial charge in [-0.15, -0.1) is 0 Å². The molecule has 9 heteroatoms. The van der Waals surface area contributed by atoms with Crippen LogP contribution in [0.2, 0.25) is 0 Å². The van der Waals surface area contributed by atoms with Crippen molar-refractivity contribution < 1.29 is 13.6 Å². The Morgan fingerprint density at radius 3 is 2.68 bits per heavy atom. The second kappa shape index (κ2) is 6.66.